The van der Waals surface area contributed by atoms with E-state index in [1.807, 2.05) is 5.38 Å². The molecule has 4 N–H and O–H groups in total. The molecule has 0 aliphatic heterocycles. The first-order chi connectivity index (χ1) is 9.06. The topological polar surface area (TPSA) is 118 Å². The van der Waals surface area contributed by atoms with E-state index < -0.39 is 17.9 Å². The zero-order valence-corrected chi connectivity index (χ0v) is 11.2. The van der Waals surface area contributed by atoms with Crippen molar-refractivity contribution in [3.05, 3.63) is 27.7 Å². The molecule has 0 bridgehead atoms. The summed E-state index contributed by atoms with van der Waals surface area (Å²) in [5, 5.41) is 14.6. The highest BCUT2D eigenvalue weighted by Crippen LogP contribution is 2.15. The third-order valence-corrected chi connectivity index (χ3v) is 3.60. The summed E-state index contributed by atoms with van der Waals surface area (Å²) in [5.74, 6) is -1.55. The molecule has 0 radical (unpaired) electrons. The molecule has 19 heavy (non-hydrogen) atoms. The number of carboxylic acid groups (broad SMARTS) is 1. The second kappa shape index (κ2) is 5.87. The number of amides is 1. The van der Waals surface area contributed by atoms with Crippen LogP contribution in [-0.4, -0.2) is 33.0 Å². The number of hydrogen-bond acceptors (Lipinski definition) is 7. The summed E-state index contributed by atoms with van der Waals surface area (Å²) in [6.07, 6.45) is 0.326. The van der Waals surface area contributed by atoms with Crippen molar-refractivity contribution in [2.75, 3.05) is 5.32 Å². The summed E-state index contributed by atoms with van der Waals surface area (Å²) < 4.78 is 0. The van der Waals surface area contributed by atoms with Crippen LogP contribution in [0.2, 0.25) is 0 Å². The van der Waals surface area contributed by atoms with E-state index in [0.29, 0.717) is 6.42 Å². The van der Waals surface area contributed by atoms with E-state index in [9.17, 15) is 9.59 Å². The number of nitrogens with one attached hydrogen (secondary N) is 1. The van der Waals surface area contributed by atoms with Crippen molar-refractivity contribution < 1.29 is 14.7 Å². The van der Waals surface area contributed by atoms with Gasteiger partial charge < -0.3 is 16.2 Å². The monoisotopic (exact) mass is 298 g/mol. The molecular weight excluding hydrogens is 288 g/mol. The number of anilines is 1. The summed E-state index contributed by atoms with van der Waals surface area (Å²) in [7, 11) is 0. The van der Waals surface area contributed by atoms with Gasteiger partial charge in [0.05, 0.1) is 17.2 Å². The standard InChI is InChI=1S/C10H10N4O3S2/c11-6(1-5-2-18-4-12-5)8(15)14-10-13-7(3-19-10)9(16)17/h2-4,6H,1,11H2,(H,16,17)(H,13,14,15)/t6-/m0/s1. The van der Waals surface area contributed by atoms with Crippen molar-refractivity contribution in [2.45, 2.75) is 12.5 Å². The first-order valence-corrected chi connectivity index (χ1v) is 7.01. The average Bonchev–Trinajstić information content (AvgIpc) is 2.99. The van der Waals surface area contributed by atoms with Crippen LogP contribution in [0.25, 0.3) is 0 Å². The molecular formula is C10H10N4O3S2. The molecule has 0 saturated carbocycles. The first-order valence-electron chi connectivity index (χ1n) is 5.18. The van der Waals surface area contributed by atoms with Gasteiger partial charge >= 0.3 is 5.97 Å². The Morgan fingerprint density at radius 3 is 2.84 bits per heavy atom. The molecule has 1 amide bonds. The fourth-order valence-corrected chi connectivity index (χ4v) is 2.54. The summed E-state index contributed by atoms with van der Waals surface area (Å²) >= 11 is 2.47. The maximum Gasteiger partial charge on any atom is 0.355 e. The molecule has 2 rings (SSSR count). The van der Waals surface area contributed by atoms with Gasteiger partial charge in [-0.15, -0.1) is 22.7 Å². The van der Waals surface area contributed by atoms with Crippen molar-refractivity contribution in [1.82, 2.24) is 9.97 Å². The highest BCUT2D eigenvalue weighted by molar-refractivity contribution is 7.14. The smallest absolute Gasteiger partial charge is 0.355 e. The lowest BCUT2D eigenvalue weighted by atomic mass is 10.2. The van der Waals surface area contributed by atoms with Crippen LogP contribution < -0.4 is 11.1 Å². The number of carbonyl (C=O) groups excluding carboxylic acids is 1. The molecule has 0 unspecified atom stereocenters. The van der Waals surface area contributed by atoms with Gasteiger partial charge in [0, 0.05) is 17.2 Å². The maximum absolute atomic E-state index is 11.8. The van der Waals surface area contributed by atoms with Crippen LogP contribution in [0.3, 0.4) is 0 Å². The van der Waals surface area contributed by atoms with E-state index >= 15 is 0 Å². The highest BCUT2D eigenvalue weighted by Gasteiger charge is 2.17. The highest BCUT2D eigenvalue weighted by atomic mass is 32.1. The fourth-order valence-electron chi connectivity index (χ4n) is 1.28. The minimum Gasteiger partial charge on any atom is -0.476 e. The second-order valence-electron chi connectivity index (χ2n) is 3.62. The van der Waals surface area contributed by atoms with Crippen molar-refractivity contribution in [1.29, 1.82) is 0 Å². The molecule has 0 fully saturated rings. The Morgan fingerprint density at radius 2 is 2.26 bits per heavy atom. The van der Waals surface area contributed by atoms with E-state index in [0.717, 1.165) is 17.0 Å². The molecule has 0 aliphatic carbocycles. The van der Waals surface area contributed by atoms with E-state index in [1.165, 1.54) is 16.7 Å². The summed E-state index contributed by atoms with van der Waals surface area (Å²) in [6.45, 7) is 0. The number of rotatable bonds is 5. The minimum atomic E-state index is -1.14. The molecule has 100 valence electrons. The quantitative estimate of drug-likeness (QED) is 0.751. The van der Waals surface area contributed by atoms with Crippen molar-refractivity contribution >= 4 is 39.7 Å². The van der Waals surface area contributed by atoms with Gasteiger partial charge in [-0.25, -0.2) is 14.8 Å². The fraction of sp³-hybridized carbons (Fsp3) is 0.200. The van der Waals surface area contributed by atoms with E-state index in [2.05, 4.69) is 15.3 Å². The number of nitrogens with two attached hydrogens (primary N) is 1. The van der Waals surface area contributed by atoms with Crippen molar-refractivity contribution in [3.8, 4) is 0 Å². The van der Waals surface area contributed by atoms with Crippen LogP contribution in [0, 0.1) is 0 Å². The third kappa shape index (κ3) is 3.56. The number of carboxylic acids is 1. The van der Waals surface area contributed by atoms with Gasteiger partial charge in [0.25, 0.3) is 0 Å². The van der Waals surface area contributed by atoms with Gasteiger partial charge in [0.1, 0.15) is 0 Å². The SMILES string of the molecule is N[C@@H](Cc1cscn1)C(=O)Nc1nc(C(=O)O)cs1. The average molecular weight is 298 g/mol. The normalized spacial score (nSPS) is 12.1. The predicted octanol–water partition coefficient (Wildman–Crippen LogP) is 0.806. The zero-order valence-electron chi connectivity index (χ0n) is 9.57. The zero-order chi connectivity index (χ0) is 13.8. The van der Waals surface area contributed by atoms with Crippen molar-refractivity contribution in [3.63, 3.8) is 0 Å². The lowest BCUT2D eigenvalue weighted by Gasteiger charge is -2.08. The molecule has 0 saturated heterocycles. The lowest BCUT2D eigenvalue weighted by Crippen LogP contribution is -2.37. The van der Waals surface area contributed by atoms with Crippen LogP contribution in [0.5, 0.6) is 0 Å². The van der Waals surface area contributed by atoms with Gasteiger partial charge in [0.15, 0.2) is 10.8 Å². The molecule has 1 atom stereocenters. The number of carbonyl (C=O) groups is 2. The van der Waals surface area contributed by atoms with E-state index in [-0.39, 0.29) is 10.8 Å². The number of aromatic nitrogens is 2. The van der Waals surface area contributed by atoms with Crippen LogP contribution in [0.4, 0.5) is 5.13 Å². The molecule has 0 aromatic carbocycles. The molecule has 0 spiro atoms. The van der Waals surface area contributed by atoms with Gasteiger partial charge in [-0.05, 0) is 0 Å². The van der Waals surface area contributed by atoms with Gasteiger partial charge in [-0.2, -0.15) is 0 Å². The largest absolute Gasteiger partial charge is 0.476 e. The first kappa shape index (κ1) is 13.6. The lowest BCUT2D eigenvalue weighted by molar-refractivity contribution is -0.117. The Balaban J connectivity index is 1.94. The number of hydrogen-bond donors (Lipinski definition) is 3. The van der Waals surface area contributed by atoms with Gasteiger partial charge in [-0.3, -0.25) is 4.79 Å². The maximum atomic E-state index is 11.8. The Kier molecular flexibility index (Phi) is 4.20. The van der Waals surface area contributed by atoms with Crippen LogP contribution in [-0.2, 0) is 11.2 Å². The molecule has 2 heterocycles. The number of thiazole rings is 2. The molecule has 7 nitrogen and oxygen atoms in total. The van der Waals surface area contributed by atoms with Crippen LogP contribution in [0.15, 0.2) is 16.3 Å². The van der Waals surface area contributed by atoms with E-state index in [1.54, 1.807) is 5.51 Å². The Labute approximate surface area is 116 Å². The van der Waals surface area contributed by atoms with Crippen molar-refractivity contribution in [2.24, 2.45) is 5.73 Å². The summed E-state index contributed by atoms with van der Waals surface area (Å²) in [6, 6.07) is -0.751. The Hall–Kier alpha value is -1.84. The Morgan fingerprint density at radius 1 is 1.47 bits per heavy atom. The number of aromatic carboxylic acids is 1. The molecule has 2 aromatic heterocycles. The van der Waals surface area contributed by atoms with Crippen LogP contribution in [0.1, 0.15) is 16.2 Å². The summed E-state index contributed by atoms with van der Waals surface area (Å²) in [5.41, 5.74) is 8.05. The van der Waals surface area contributed by atoms with Gasteiger partial charge in [0.2, 0.25) is 5.91 Å². The number of nitrogens with zero attached hydrogens (tertiary/aromatic N) is 2. The minimum absolute atomic E-state index is 0.103. The third-order valence-electron chi connectivity index (χ3n) is 2.20. The molecule has 9 heteroatoms. The molecule has 2 aromatic rings. The molecule has 0 aliphatic rings. The second-order valence-corrected chi connectivity index (χ2v) is 5.20. The van der Waals surface area contributed by atoms with E-state index in [4.69, 9.17) is 10.8 Å². The van der Waals surface area contributed by atoms with Crippen LogP contribution >= 0.6 is 22.7 Å². The Bertz CT molecular complexity index is 581. The van der Waals surface area contributed by atoms with Gasteiger partial charge in [-0.1, -0.05) is 0 Å². The summed E-state index contributed by atoms with van der Waals surface area (Å²) in [4.78, 5) is 30.2. The predicted molar refractivity (Wildman–Crippen MR) is 71.5 cm³/mol.